The molecule has 2 atom stereocenters. The van der Waals surface area contributed by atoms with Crippen LogP contribution in [0.25, 0.3) is 0 Å². The Hall–Kier alpha value is -2.37. The zero-order valence-corrected chi connectivity index (χ0v) is 18.5. The van der Waals surface area contributed by atoms with E-state index in [-0.39, 0.29) is 17.7 Å². The molecule has 1 saturated heterocycles. The molecule has 0 spiro atoms. The minimum absolute atomic E-state index is 0.0205. The second-order valence-corrected chi connectivity index (χ2v) is 8.22. The molecule has 1 aliphatic rings. The van der Waals surface area contributed by atoms with E-state index in [1.54, 1.807) is 11.9 Å². The van der Waals surface area contributed by atoms with Gasteiger partial charge in [0, 0.05) is 26.4 Å². The van der Waals surface area contributed by atoms with Crippen LogP contribution in [-0.4, -0.2) is 48.3 Å². The Kier molecular flexibility index (Phi) is 10.4. The van der Waals surface area contributed by atoms with Gasteiger partial charge in [0.05, 0.1) is 0 Å². The molecule has 0 aliphatic carbocycles. The maximum Gasteiger partial charge on any atom is 0.243 e. The number of amides is 3. The number of carbonyl (C=O) groups excluding carboxylic acids is 3. The first-order valence-corrected chi connectivity index (χ1v) is 11.4. The second-order valence-electron chi connectivity index (χ2n) is 8.22. The van der Waals surface area contributed by atoms with Crippen LogP contribution in [-0.2, 0) is 20.8 Å². The Balaban J connectivity index is 2.04. The number of benzene rings is 1. The smallest absolute Gasteiger partial charge is 0.243 e. The lowest BCUT2D eigenvalue weighted by atomic mass is 10.0. The Morgan fingerprint density at radius 2 is 1.87 bits per heavy atom. The lowest BCUT2D eigenvalue weighted by Crippen LogP contribution is -2.54. The van der Waals surface area contributed by atoms with Crippen molar-refractivity contribution in [2.45, 2.75) is 83.2 Å². The Bertz CT molecular complexity index is 678. The zero-order valence-electron chi connectivity index (χ0n) is 18.5. The van der Waals surface area contributed by atoms with Gasteiger partial charge in [-0.3, -0.25) is 14.4 Å². The van der Waals surface area contributed by atoms with Crippen LogP contribution in [0, 0.1) is 0 Å². The van der Waals surface area contributed by atoms with Gasteiger partial charge in [0.2, 0.25) is 17.7 Å². The van der Waals surface area contributed by atoms with Crippen LogP contribution in [0.4, 0.5) is 0 Å². The van der Waals surface area contributed by atoms with Crippen molar-refractivity contribution in [3.8, 4) is 0 Å². The average molecular weight is 416 g/mol. The maximum absolute atomic E-state index is 13.1. The first-order chi connectivity index (χ1) is 14.5. The van der Waals surface area contributed by atoms with E-state index in [9.17, 15) is 14.4 Å². The minimum Gasteiger partial charge on any atom is -0.354 e. The first kappa shape index (κ1) is 23.9. The van der Waals surface area contributed by atoms with Gasteiger partial charge < -0.3 is 15.5 Å². The molecule has 0 bridgehead atoms. The molecule has 1 fully saturated rings. The van der Waals surface area contributed by atoms with Crippen LogP contribution in [0.1, 0.15) is 70.3 Å². The van der Waals surface area contributed by atoms with Gasteiger partial charge in [0.15, 0.2) is 0 Å². The predicted molar refractivity (Wildman–Crippen MR) is 119 cm³/mol. The van der Waals surface area contributed by atoms with Gasteiger partial charge in [-0.25, -0.2) is 0 Å². The highest BCUT2D eigenvalue weighted by Crippen LogP contribution is 2.14. The zero-order chi connectivity index (χ0) is 21.8. The van der Waals surface area contributed by atoms with Crippen molar-refractivity contribution in [3.63, 3.8) is 0 Å². The molecular formula is C24H37N3O3. The van der Waals surface area contributed by atoms with E-state index >= 15 is 0 Å². The molecule has 30 heavy (non-hydrogen) atoms. The monoisotopic (exact) mass is 415 g/mol. The van der Waals surface area contributed by atoms with Crippen LogP contribution >= 0.6 is 0 Å². The summed E-state index contributed by atoms with van der Waals surface area (Å²) in [7, 11) is 1.70. The van der Waals surface area contributed by atoms with E-state index < -0.39 is 12.1 Å². The minimum atomic E-state index is -0.633. The first-order valence-electron chi connectivity index (χ1n) is 11.4. The Morgan fingerprint density at radius 3 is 2.60 bits per heavy atom. The summed E-state index contributed by atoms with van der Waals surface area (Å²) < 4.78 is 0. The van der Waals surface area contributed by atoms with Gasteiger partial charge in [0.1, 0.15) is 12.1 Å². The van der Waals surface area contributed by atoms with Crippen LogP contribution in [0.5, 0.6) is 0 Å². The van der Waals surface area contributed by atoms with E-state index in [1.807, 2.05) is 30.3 Å². The molecular weight excluding hydrogens is 378 g/mol. The largest absolute Gasteiger partial charge is 0.354 e. The van der Waals surface area contributed by atoms with Gasteiger partial charge in [-0.05, 0) is 31.2 Å². The number of rotatable bonds is 11. The van der Waals surface area contributed by atoms with Gasteiger partial charge in [-0.1, -0.05) is 62.9 Å². The fraction of sp³-hybridized carbons (Fsp3) is 0.625. The highest BCUT2D eigenvalue weighted by molar-refractivity contribution is 5.92. The molecule has 0 aromatic heterocycles. The van der Waals surface area contributed by atoms with Crippen LogP contribution in [0.3, 0.4) is 0 Å². The lowest BCUT2D eigenvalue weighted by Gasteiger charge is -2.29. The molecule has 1 aliphatic heterocycles. The van der Waals surface area contributed by atoms with E-state index in [0.29, 0.717) is 25.8 Å². The summed E-state index contributed by atoms with van der Waals surface area (Å²) in [6.07, 6.45) is 8.68. The normalized spacial score (nSPS) is 17.5. The third kappa shape index (κ3) is 7.81. The fourth-order valence-corrected chi connectivity index (χ4v) is 3.82. The molecule has 0 radical (unpaired) electrons. The molecule has 6 nitrogen and oxygen atoms in total. The van der Waals surface area contributed by atoms with Crippen LogP contribution in [0.2, 0.25) is 0 Å². The standard InChI is InChI=1S/C24H37N3O3/c1-3-4-5-6-10-16-22(28)27(2)21(18-19-13-8-7-9-14-19)24(30)26-20-15-11-12-17-25-23(20)29/h7-9,13-14,20-21H,3-6,10-12,15-18H2,1-2H3,(H,25,29)(H,26,30)/t20-,21+/m0/s1. The van der Waals surface area contributed by atoms with Crippen LogP contribution < -0.4 is 10.6 Å². The molecule has 6 heteroatoms. The van der Waals surface area contributed by atoms with E-state index in [4.69, 9.17) is 0 Å². The van der Waals surface area contributed by atoms with Gasteiger partial charge in [-0.15, -0.1) is 0 Å². The average Bonchev–Trinajstić information content (AvgIpc) is 2.96. The van der Waals surface area contributed by atoms with E-state index in [0.717, 1.165) is 37.7 Å². The van der Waals surface area contributed by atoms with Gasteiger partial charge >= 0.3 is 0 Å². The van der Waals surface area contributed by atoms with Gasteiger partial charge in [0.25, 0.3) is 0 Å². The molecule has 3 amide bonds. The number of unbranched alkanes of at least 4 members (excludes halogenated alkanes) is 4. The quantitative estimate of drug-likeness (QED) is 0.545. The molecule has 0 saturated carbocycles. The number of likely N-dealkylation sites (N-methyl/N-ethyl adjacent to an activating group) is 1. The van der Waals surface area contributed by atoms with Crippen LogP contribution in [0.15, 0.2) is 30.3 Å². The van der Waals surface area contributed by atoms with E-state index in [1.165, 1.54) is 12.8 Å². The van der Waals surface area contributed by atoms with E-state index in [2.05, 4.69) is 17.6 Å². The third-order valence-corrected chi connectivity index (χ3v) is 5.78. The third-order valence-electron chi connectivity index (χ3n) is 5.78. The SMILES string of the molecule is CCCCCCCC(=O)N(C)[C@H](Cc1ccccc1)C(=O)N[C@H]1CCCCNC1=O. The molecule has 2 rings (SSSR count). The highest BCUT2D eigenvalue weighted by Gasteiger charge is 2.30. The molecule has 1 heterocycles. The molecule has 0 unspecified atom stereocenters. The van der Waals surface area contributed by atoms with Crippen molar-refractivity contribution < 1.29 is 14.4 Å². The summed E-state index contributed by atoms with van der Waals surface area (Å²) in [5.74, 6) is -0.417. The van der Waals surface area contributed by atoms with Crippen molar-refractivity contribution >= 4 is 17.7 Å². The second kappa shape index (κ2) is 13.0. The van der Waals surface area contributed by atoms with Crippen molar-refractivity contribution in [1.29, 1.82) is 0 Å². The number of nitrogens with zero attached hydrogens (tertiary/aromatic N) is 1. The fourth-order valence-electron chi connectivity index (χ4n) is 3.82. The lowest BCUT2D eigenvalue weighted by molar-refractivity contribution is -0.140. The Labute approximate surface area is 180 Å². The highest BCUT2D eigenvalue weighted by atomic mass is 16.2. The summed E-state index contributed by atoms with van der Waals surface area (Å²) >= 11 is 0. The summed E-state index contributed by atoms with van der Waals surface area (Å²) in [6.45, 7) is 2.81. The van der Waals surface area contributed by atoms with Crippen molar-refractivity contribution in [3.05, 3.63) is 35.9 Å². The van der Waals surface area contributed by atoms with Crippen molar-refractivity contribution in [2.75, 3.05) is 13.6 Å². The van der Waals surface area contributed by atoms with Gasteiger partial charge in [-0.2, -0.15) is 0 Å². The molecule has 2 N–H and O–H groups in total. The van der Waals surface area contributed by atoms with Crippen molar-refractivity contribution in [1.82, 2.24) is 15.5 Å². The summed E-state index contributed by atoms with van der Waals surface area (Å²) in [5.41, 5.74) is 0.991. The Morgan fingerprint density at radius 1 is 1.13 bits per heavy atom. The number of hydrogen-bond donors (Lipinski definition) is 2. The summed E-state index contributed by atoms with van der Waals surface area (Å²) in [5, 5.41) is 5.75. The van der Waals surface area contributed by atoms with Crippen molar-refractivity contribution in [2.24, 2.45) is 0 Å². The topological polar surface area (TPSA) is 78.5 Å². The molecule has 1 aromatic rings. The maximum atomic E-state index is 13.1. The number of carbonyl (C=O) groups is 3. The molecule has 1 aromatic carbocycles. The summed E-state index contributed by atoms with van der Waals surface area (Å²) in [4.78, 5) is 39.8. The predicted octanol–water partition coefficient (Wildman–Crippen LogP) is 3.20. The number of hydrogen-bond acceptors (Lipinski definition) is 3. The molecule has 166 valence electrons. The number of nitrogens with one attached hydrogen (secondary N) is 2. The summed E-state index contributed by atoms with van der Waals surface area (Å²) in [6, 6.07) is 8.54.